The molecule has 7 nitrogen and oxygen atoms in total. The van der Waals surface area contributed by atoms with Crippen molar-refractivity contribution in [3.8, 4) is 11.5 Å². The molecule has 26 heavy (non-hydrogen) atoms. The second kappa shape index (κ2) is 12.6. The first-order valence-electron chi connectivity index (χ1n) is 8.33. The first-order valence-corrected chi connectivity index (χ1v) is 8.33. The number of aliphatic imine (C=N–C) groups is 1. The van der Waals surface area contributed by atoms with Crippen LogP contribution in [0, 0.1) is 0 Å². The Kier molecular flexibility index (Phi) is 11.8. The van der Waals surface area contributed by atoms with Crippen molar-refractivity contribution in [1.29, 1.82) is 0 Å². The van der Waals surface area contributed by atoms with Gasteiger partial charge in [-0.15, -0.1) is 24.0 Å². The molecule has 0 aliphatic heterocycles. The van der Waals surface area contributed by atoms with Crippen LogP contribution in [-0.4, -0.2) is 76.7 Å². The Balaban J connectivity index is 0.00000625. The molecule has 0 fully saturated rings. The fourth-order valence-corrected chi connectivity index (χ4v) is 2.19. The normalized spacial score (nSPS) is 10.6. The van der Waals surface area contributed by atoms with Crippen LogP contribution in [0.2, 0.25) is 0 Å². The van der Waals surface area contributed by atoms with Crippen molar-refractivity contribution in [3.63, 3.8) is 0 Å². The lowest BCUT2D eigenvalue weighted by atomic mass is 10.1. The van der Waals surface area contributed by atoms with Crippen LogP contribution in [0.15, 0.2) is 23.2 Å². The van der Waals surface area contributed by atoms with Gasteiger partial charge in [-0.3, -0.25) is 4.79 Å². The largest absolute Gasteiger partial charge is 0.493 e. The highest BCUT2D eigenvalue weighted by atomic mass is 127. The molecule has 0 unspecified atom stereocenters. The lowest BCUT2D eigenvalue weighted by Gasteiger charge is -2.22. The third kappa shape index (κ3) is 7.67. The number of guanidine groups is 1. The molecule has 148 valence electrons. The van der Waals surface area contributed by atoms with E-state index in [0.29, 0.717) is 0 Å². The highest BCUT2D eigenvalue weighted by Crippen LogP contribution is 2.27. The van der Waals surface area contributed by atoms with Gasteiger partial charge >= 0.3 is 0 Å². The number of likely N-dealkylation sites (N-methyl/N-ethyl adjacent to an activating group) is 2. The number of rotatable bonds is 8. The van der Waals surface area contributed by atoms with Crippen LogP contribution < -0.4 is 14.8 Å². The third-order valence-electron chi connectivity index (χ3n) is 3.74. The van der Waals surface area contributed by atoms with E-state index in [1.807, 2.05) is 37.1 Å². The number of ether oxygens (including phenoxy) is 2. The summed E-state index contributed by atoms with van der Waals surface area (Å²) in [6.45, 7) is 3.65. The van der Waals surface area contributed by atoms with E-state index in [9.17, 15) is 4.79 Å². The molecular weight excluding hydrogens is 447 g/mol. The zero-order chi connectivity index (χ0) is 18.8. The van der Waals surface area contributed by atoms with Crippen molar-refractivity contribution in [2.24, 2.45) is 4.99 Å². The summed E-state index contributed by atoms with van der Waals surface area (Å²) in [4.78, 5) is 19.7. The van der Waals surface area contributed by atoms with Gasteiger partial charge in [0, 0.05) is 34.2 Å². The Labute approximate surface area is 173 Å². The van der Waals surface area contributed by atoms with E-state index in [-0.39, 0.29) is 36.4 Å². The lowest BCUT2D eigenvalue weighted by molar-refractivity contribution is -0.127. The molecule has 0 radical (unpaired) electrons. The molecule has 0 saturated carbocycles. The molecule has 0 aromatic heterocycles. The van der Waals surface area contributed by atoms with Gasteiger partial charge in [0.05, 0.1) is 14.2 Å². The summed E-state index contributed by atoms with van der Waals surface area (Å²) in [6.07, 6.45) is 0.822. The van der Waals surface area contributed by atoms with E-state index in [2.05, 4.69) is 10.3 Å². The maximum absolute atomic E-state index is 11.7. The van der Waals surface area contributed by atoms with E-state index in [1.165, 1.54) is 4.90 Å². The van der Waals surface area contributed by atoms with E-state index >= 15 is 0 Å². The minimum absolute atomic E-state index is 0. The van der Waals surface area contributed by atoms with Crippen LogP contribution in [0.1, 0.15) is 12.5 Å². The van der Waals surface area contributed by atoms with Crippen molar-refractivity contribution in [2.75, 3.05) is 55.0 Å². The zero-order valence-corrected chi connectivity index (χ0v) is 18.9. The minimum atomic E-state index is -0.0244. The quantitative estimate of drug-likeness (QED) is 0.351. The van der Waals surface area contributed by atoms with E-state index in [0.717, 1.165) is 42.5 Å². The zero-order valence-electron chi connectivity index (χ0n) is 16.5. The van der Waals surface area contributed by atoms with Gasteiger partial charge in [0.1, 0.15) is 6.54 Å². The number of carbonyl (C=O) groups excluding carboxylic acids is 1. The van der Waals surface area contributed by atoms with Crippen molar-refractivity contribution >= 4 is 35.8 Å². The summed E-state index contributed by atoms with van der Waals surface area (Å²) >= 11 is 0. The number of hydrogen-bond donors (Lipinski definition) is 1. The molecule has 1 aromatic carbocycles. The first-order chi connectivity index (χ1) is 11.9. The predicted molar refractivity (Wildman–Crippen MR) is 116 cm³/mol. The second-order valence-electron chi connectivity index (χ2n) is 5.82. The molecule has 8 heteroatoms. The molecule has 1 rings (SSSR count). The van der Waals surface area contributed by atoms with Crippen LogP contribution in [-0.2, 0) is 11.2 Å². The maximum Gasteiger partial charge on any atom is 0.243 e. The van der Waals surface area contributed by atoms with Gasteiger partial charge in [-0.25, -0.2) is 4.99 Å². The average Bonchev–Trinajstić information content (AvgIpc) is 2.62. The highest BCUT2D eigenvalue weighted by molar-refractivity contribution is 14.0. The summed E-state index contributed by atoms with van der Waals surface area (Å²) < 4.78 is 10.6. The molecule has 0 aliphatic carbocycles. The van der Waals surface area contributed by atoms with Gasteiger partial charge in [-0.1, -0.05) is 6.07 Å². The van der Waals surface area contributed by atoms with Crippen LogP contribution in [0.5, 0.6) is 11.5 Å². The van der Waals surface area contributed by atoms with E-state index in [4.69, 9.17) is 9.47 Å². The minimum Gasteiger partial charge on any atom is -0.493 e. The number of hydrogen-bond acceptors (Lipinski definition) is 4. The van der Waals surface area contributed by atoms with Gasteiger partial charge in [0.2, 0.25) is 5.91 Å². The summed E-state index contributed by atoms with van der Waals surface area (Å²) in [7, 11) is 8.67. The molecule has 0 heterocycles. The number of benzene rings is 1. The molecule has 0 saturated heterocycles. The molecular formula is C18H31IN4O3. The predicted octanol–water partition coefficient (Wildman–Crippen LogP) is 1.85. The standard InChI is InChI=1S/C18H30N4O3.HI/c1-7-19-18(20-13-17(23)21(2)3)22(4)11-10-14-8-9-15(24-5)16(12-14)25-6;/h8-9,12H,7,10-11,13H2,1-6H3,(H,19,20);1H. The van der Waals surface area contributed by atoms with Gasteiger partial charge in [-0.05, 0) is 31.0 Å². The smallest absolute Gasteiger partial charge is 0.243 e. The Hall–Kier alpha value is -1.71. The Morgan fingerprint density at radius 2 is 1.81 bits per heavy atom. The van der Waals surface area contributed by atoms with E-state index in [1.54, 1.807) is 28.3 Å². The first kappa shape index (κ1) is 24.3. The fourth-order valence-electron chi connectivity index (χ4n) is 2.19. The fraction of sp³-hybridized carbons (Fsp3) is 0.556. The van der Waals surface area contributed by atoms with Gasteiger partial charge in [0.15, 0.2) is 17.5 Å². The third-order valence-corrected chi connectivity index (χ3v) is 3.74. The number of carbonyl (C=O) groups is 1. The molecule has 1 N–H and O–H groups in total. The second-order valence-corrected chi connectivity index (χ2v) is 5.82. The Morgan fingerprint density at radius 3 is 2.35 bits per heavy atom. The average molecular weight is 478 g/mol. The molecule has 0 bridgehead atoms. The summed E-state index contributed by atoms with van der Waals surface area (Å²) in [6, 6.07) is 5.91. The summed E-state index contributed by atoms with van der Waals surface area (Å²) in [5.41, 5.74) is 1.14. The molecule has 0 aliphatic rings. The SMILES string of the molecule is CCNC(=NCC(=O)N(C)C)N(C)CCc1ccc(OC)c(OC)c1.I. The lowest BCUT2D eigenvalue weighted by Crippen LogP contribution is -2.40. The number of halogens is 1. The van der Waals surface area contributed by atoms with E-state index < -0.39 is 0 Å². The number of amides is 1. The van der Waals surface area contributed by atoms with Crippen LogP contribution in [0.4, 0.5) is 0 Å². The Bertz CT molecular complexity index is 594. The molecule has 0 spiro atoms. The van der Waals surface area contributed by atoms with Crippen molar-refractivity contribution < 1.29 is 14.3 Å². The van der Waals surface area contributed by atoms with Gasteiger partial charge < -0.3 is 24.6 Å². The maximum atomic E-state index is 11.7. The van der Waals surface area contributed by atoms with Crippen molar-refractivity contribution in [2.45, 2.75) is 13.3 Å². The molecule has 1 aromatic rings. The van der Waals surface area contributed by atoms with Crippen molar-refractivity contribution in [3.05, 3.63) is 23.8 Å². The van der Waals surface area contributed by atoms with Crippen molar-refractivity contribution in [1.82, 2.24) is 15.1 Å². The van der Waals surface area contributed by atoms with Crippen LogP contribution in [0.25, 0.3) is 0 Å². The Morgan fingerprint density at radius 1 is 1.15 bits per heavy atom. The van der Waals surface area contributed by atoms with Gasteiger partial charge in [0.25, 0.3) is 0 Å². The number of methoxy groups -OCH3 is 2. The monoisotopic (exact) mass is 478 g/mol. The molecule has 1 amide bonds. The topological polar surface area (TPSA) is 66.4 Å². The molecule has 0 atom stereocenters. The summed E-state index contributed by atoms with van der Waals surface area (Å²) in [5.74, 6) is 2.14. The summed E-state index contributed by atoms with van der Waals surface area (Å²) in [5, 5.41) is 3.21. The number of nitrogens with zero attached hydrogens (tertiary/aromatic N) is 3. The van der Waals surface area contributed by atoms with Gasteiger partial charge in [-0.2, -0.15) is 0 Å². The highest BCUT2D eigenvalue weighted by Gasteiger charge is 2.10. The number of nitrogens with one attached hydrogen (secondary N) is 1. The van der Waals surface area contributed by atoms with Crippen LogP contribution in [0.3, 0.4) is 0 Å². The van der Waals surface area contributed by atoms with Crippen LogP contribution >= 0.6 is 24.0 Å².